The van der Waals surface area contributed by atoms with Crippen LogP contribution in [0.3, 0.4) is 0 Å². The van der Waals surface area contributed by atoms with E-state index in [9.17, 15) is 9.59 Å². The quantitative estimate of drug-likeness (QED) is 0.645. The van der Waals surface area contributed by atoms with Crippen molar-refractivity contribution >= 4 is 12.3 Å². The number of hydrogen-bond donors (Lipinski definition) is 2. The number of carbonyl (C=O) groups is 2. The third kappa shape index (κ3) is 5.56. The van der Waals surface area contributed by atoms with Crippen LogP contribution in [0.1, 0.15) is 40.5 Å². The van der Waals surface area contributed by atoms with Crippen LogP contribution in [0.25, 0.3) is 0 Å². The van der Waals surface area contributed by atoms with Gasteiger partial charge in [-0.1, -0.05) is 13.3 Å². The van der Waals surface area contributed by atoms with Gasteiger partial charge in [0.15, 0.2) is 0 Å². The molecule has 0 aliphatic rings. The van der Waals surface area contributed by atoms with Crippen LogP contribution < -0.4 is 10.6 Å². The summed E-state index contributed by atoms with van der Waals surface area (Å²) in [7, 11) is 0. The molecule has 14 heavy (non-hydrogen) atoms. The van der Waals surface area contributed by atoms with Gasteiger partial charge >= 0.3 is 0 Å². The van der Waals surface area contributed by atoms with Crippen LogP contribution in [0.4, 0.5) is 0 Å². The van der Waals surface area contributed by atoms with E-state index in [1.54, 1.807) is 0 Å². The smallest absolute Gasteiger partial charge is 0.242 e. The number of amides is 2. The van der Waals surface area contributed by atoms with Crippen LogP contribution in [0.5, 0.6) is 0 Å². The fourth-order valence-electron chi connectivity index (χ4n) is 1.12. The van der Waals surface area contributed by atoms with E-state index in [1.165, 1.54) is 0 Å². The highest BCUT2D eigenvalue weighted by Crippen LogP contribution is 2.02. The first-order valence-corrected chi connectivity index (χ1v) is 4.92. The average molecular weight is 200 g/mol. The topological polar surface area (TPSA) is 58.2 Å². The van der Waals surface area contributed by atoms with Gasteiger partial charge in [0, 0.05) is 5.54 Å². The van der Waals surface area contributed by atoms with E-state index < -0.39 is 6.04 Å². The van der Waals surface area contributed by atoms with Crippen molar-refractivity contribution in [2.75, 3.05) is 0 Å². The molecule has 0 saturated carbocycles. The van der Waals surface area contributed by atoms with Crippen molar-refractivity contribution in [3.63, 3.8) is 0 Å². The Labute approximate surface area is 85.4 Å². The zero-order valence-electron chi connectivity index (χ0n) is 9.39. The molecule has 0 rings (SSSR count). The predicted octanol–water partition coefficient (Wildman–Crippen LogP) is 0.816. The summed E-state index contributed by atoms with van der Waals surface area (Å²) in [5.41, 5.74) is -0.256. The Hall–Kier alpha value is -1.06. The van der Waals surface area contributed by atoms with Gasteiger partial charge in [0.25, 0.3) is 0 Å². The molecule has 0 aromatic rings. The second-order valence-corrected chi connectivity index (χ2v) is 4.37. The summed E-state index contributed by atoms with van der Waals surface area (Å²) >= 11 is 0. The standard InChI is InChI=1S/C10H20N2O2/c1-5-6-8(11-7-13)9(14)12-10(2,3)4/h7-8H,5-6H2,1-4H3,(H,11,13)(H,12,14)/t8-/m1/s1. The molecule has 4 heteroatoms. The van der Waals surface area contributed by atoms with Gasteiger partial charge in [0.05, 0.1) is 0 Å². The van der Waals surface area contributed by atoms with E-state index in [1.807, 2.05) is 27.7 Å². The molecule has 0 aromatic heterocycles. The number of rotatable bonds is 5. The lowest BCUT2D eigenvalue weighted by molar-refractivity contribution is -0.126. The third-order valence-electron chi connectivity index (χ3n) is 1.66. The minimum atomic E-state index is -0.406. The van der Waals surface area contributed by atoms with E-state index in [2.05, 4.69) is 10.6 Å². The fraction of sp³-hybridized carbons (Fsp3) is 0.800. The third-order valence-corrected chi connectivity index (χ3v) is 1.66. The molecular weight excluding hydrogens is 180 g/mol. The molecule has 0 radical (unpaired) electrons. The summed E-state index contributed by atoms with van der Waals surface area (Å²) in [6.45, 7) is 7.71. The van der Waals surface area contributed by atoms with Gasteiger partial charge in [-0.15, -0.1) is 0 Å². The van der Waals surface area contributed by atoms with Crippen LogP contribution >= 0.6 is 0 Å². The molecular formula is C10H20N2O2. The molecule has 0 bridgehead atoms. The van der Waals surface area contributed by atoms with Gasteiger partial charge in [-0.2, -0.15) is 0 Å². The van der Waals surface area contributed by atoms with E-state index >= 15 is 0 Å². The molecule has 82 valence electrons. The molecule has 2 N–H and O–H groups in total. The van der Waals surface area contributed by atoms with Gasteiger partial charge in [-0.05, 0) is 27.2 Å². The lowest BCUT2D eigenvalue weighted by Gasteiger charge is -2.24. The van der Waals surface area contributed by atoms with Crippen molar-refractivity contribution in [2.24, 2.45) is 0 Å². The first-order chi connectivity index (χ1) is 6.40. The van der Waals surface area contributed by atoms with E-state index in [0.717, 1.165) is 6.42 Å². The highest BCUT2D eigenvalue weighted by molar-refractivity contribution is 5.84. The van der Waals surface area contributed by atoms with Crippen LogP contribution in [-0.4, -0.2) is 23.9 Å². The summed E-state index contributed by atoms with van der Waals surface area (Å²) in [6, 6.07) is -0.406. The molecule has 0 fully saturated rings. The monoisotopic (exact) mass is 200 g/mol. The predicted molar refractivity (Wildman–Crippen MR) is 55.8 cm³/mol. The van der Waals surface area contributed by atoms with Crippen LogP contribution in [0, 0.1) is 0 Å². The average Bonchev–Trinajstić information content (AvgIpc) is 2.01. The lowest BCUT2D eigenvalue weighted by atomic mass is 10.1. The van der Waals surface area contributed by atoms with Crippen molar-refractivity contribution in [1.82, 2.24) is 10.6 Å². The Kier molecular flexibility index (Phi) is 5.20. The highest BCUT2D eigenvalue weighted by Gasteiger charge is 2.21. The van der Waals surface area contributed by atoms with Crippen molar-refractivity contribution in [3.8, 4) is 0 Å². The van der Waals surface area contributed by atoms with E-state index in [-0.39, 0.29) is 11.4 Å². The number of nitrogens with one attached hydrogen (secondary N) is 2. The van der Waals surface area contributed by atoms with Crippen molar-refractivity contribution in [3.05, 3.63) is 0 Å². The lowest BCUT2D eigenvalue weighted by Crippen LogP contribution is -2.50. The molecule has 0 unspecified atom stereocenters. The summed E-state index contributed by atoms with van der Waals surface area (Å²) in [5, 5.41) is 5.34. The van der Waals surface area contributed by atoms with Crippen molar-refractivity contribution in [1.29, 1.82) is 0 Å². The Morgan fingerprint density at radius 2 is 2.00 bits per heavy atom. The van der Waals surface area contributed by atoms with Gasteiger partial charge in [0.1, 0.15) is 6.04 Å². The summed E-state index contributed by atoms with van der Waals surface area (Å²) in [6.07, 6.45) is 2.10. The maximum absolute atomic E-state index is 11.6. The minimum absolute atomic E-state index is 0.119. The van der Waals surface area contributed by atoms with Crippen LogP contribution in [-0.2, 0) is 9.59 Å². The molecule has 0 aromatic carbocycles. The molecule has 2 amide bonds. The minimum Gasteiger partial charge on any atom is -0.350 e. The summed E-state index contributed by atoms with van der Waals surface area (Å²) in [4.78, 5) is 21.9. The maximum atomic E-state index is 11.6. The van der Waals surface area contributed by atoms with Crippen molar-refractivity contribution in [2.45, 2.75) is 52.1 Å². The molecule has 0 saturated heterocycles. The summed E-state index contributed by atoms with van der Waals surface area (Å²) < 4.78 is 0. The van der Waals surface area contributed by atoms with E-state index in [4.69, 9.17) is 0 Å². The molecule has 1 atom stereocenters. The normalized spacial score (nSPS) is 13.1. The van der Waals surface area contributed by atoms with Gasteiger partial charge in [-0.3, -0.25) is 9.59 Å². The Morgan fingerprint density at radius 1 is 1.43 bits per heavy atom. The second-order valence-electron chi connectivity index (χ2n) is 4.37. The van der Waals surface area contributed by atoms with Gasteiger partial charge < -0.3 is 10.6 Å². The Bertz CT molecular complexity index is 197. The molecule has 0 spiro atoms. The first kappa shape index (κ1) is 12.9. The van der Waals surface area contributed by atoms with Gasteiger partial charge in [0.2, 0.25) is 12.3 Å². The molecule has 0 aliphatic carbocycles. The van der Waals surface area contributed by atoms with Crippen molar-refractivity contribution < 1.29 is 9.59 Å². The van der Waals surface area contributed by atoms with Crippen LogP contribution in [0.15, 0.2) is 0 Å². The first-order valence-electron chi connectivity index (χ1n) is 4.92. The molecule has 0 aliphatic heterocycles. The maximum Gasteiger partial charge on any atom is 0.242 e. The van der Waals surface area contributed by atoms with Gasteiger partial charge in [-0.25, -0.2) is 0 Å². The molecule has 0 heterocycles. The fourth-order valence-corrected chi connectivity index (χ4v) is 1.12. The Morgan fingerprint density at radius 3 is 2.36 bits per heavy atom. The largest absolute Gasteiger partial charge is 0.350 e. The zero-order chi connectivity index (χ0) is 11.2. The number of hydrogen-bond acceptors (Lipinski definition) is 2. The summed E-state index contributed by atoms with van der Waals surface area (Å²) in [5.74, 6) is -0.119. The molecule has 4 nitrogen and oxygen atoms in total. The van der Waals surface area contributed by atoms with Crippen LogP contribution in [0.2, 0.25) is 0 Å². The number of carbonyl (C=O) groups excluding carboxylic acids is 2. The zero-order valence-corrected chi connectivity index (χ0v) is 9.39. The highest BCUT2D eigenvalue weighted by atomic mass is 16.2. The van der Waals surface area contributed by atoms with E-state index in [0.29, 0.717) is 12.8 Å². The Balaban J connectivity index is 4.21. The second kappa shape index (κ2) is 5.62. The SMILES string of the molecule is CCC[C@@H](NC=O)C(=O)NC(C)(C)C.